The van der Waals surface area contributed by atoms with Crippen LogP contribution in [0.2, 0.25) is 0 Å². The lowest BCUT2D eigenvalue weighted by molar-refractivity contribution is -0.729. The van der Waals surface area contributed by atoms with E-state index >= 15 is 0 Å². The van der Waals surface area contributed by atoms with Crippen molar-refractivity contribution >= 4 is 18.1 Å². The van der Waals surface area contributed by atoms with Crippen LogP contribution >= 0.6 is 0 Å². The van der Waals surface area contributed by atoms with Crippen LogP contribution in [-0.4, -0.2) is 52.5 Å². The molecule has 8 nitrogen and oxygen atoms in total. The van der Waals surface area contributed by atoms with Crippen LogP contribution in [0.3, 0.4) is 0 Å². The first-order valence-corrected chi connectivity index (χ1v) is 5.77. The number of hydrogen-bond acceptors (Lipinski definition) is 5. The molecule has 0 fully saturated rings. The largest absolute Gasteiger partial charge is 0.481 e. The lowest BCUT2D eigenvalue weighted by Gasteiger charge is -2.28. The van der Waals surface area contributed by atoms with Gasteiger partial charge in [-0.2, -0.15) is 0 Å². The highest BCUT2D eigenvalue weighted by atomic mass is 16.9. The zero-order valence-corrected chi connectivity index (χ0v) is 11.4. The molecule has 0 saturated carbocycles. The van der Waals surface area contributed by atoms with E-state index in [4.69, 9.17) is 5.11 Å². The van der Waals surface area contributed by atoms with Gasteiger partial charge in [0.05, 0.1) is 18.1 Å². The van der Waals surface area contributed by atoms with Crippen LogP contribution in [0, 0.1) is 17.0 Å². The molecule has 0 aromatic carbocycles. The molecule has 0 unspecified atom stereocenters. The van der Waals surface area contributed by atoms with Gasteiger partial charge in [0, 0.05) is 12.0 Å². The van der Waals surface area contributed by atoms with E-state index in [1.54, 1.807) is 13.8 Å². The molecular formula is C11H20N2O6. The number of rotatable bonds is 7. The molecule has 0 aromatic rings. The normalized spacial score (nSPS) is 16.6. The number of carbonyl (C=O) groups is 2. The minimum absolute atomic E-state index is 0.0419. The first kappa shape index (κ1) is 17.2. The highest BCUT2D eigenvalue weighted by Gasteiger charge is 2.32. The van der Waals surface area contributed by atoms with Gasteiger partial charge in [0.1, 0.15) is 0 Å². The number of aliphatic hydroxyl groups is 1. The minimum Gasteiger partial charge on any atom is -0.481 e. The number of carboxylic acid groups (broad SMARTS) is 1. The highest BCUT2D eigenvalue weighted by Crippen LogP contribution is 2.14. The van der Waals surface area contributed by atoms with Crippen LogP contribution in [0.25, 0.3) is 0 Å². The Bertz CT molecular complexity index is 355. The molecule has 0 aliphatic heterocycles. The van der Waals surface area contributed by atoms with Crippen LogP contribution in [0.1, 0.15) is 20.8 Å². The minimum atomic E-state index is -1.27. The van der Waals surface area contributed by atoms with Gasteiger partial charge in [-0.05, 0) is 12.8 Å². The van der Waals surface area contributed by atoms with E-state index in [2.05, 4.69) is 10.2 Å². The first-order valence-electron chi connectivity index (χ1n) is 5.77. The summed E-state index contributed by atoms with van der Waals surface area (Å²) in [7, 11) is 1.10. The van der Waals surface area contributed by atoms with Gasteiger partial charge in [0.15, 0.2) is 0 Å². The Kier molecular flexibility index (Phi) is 6.84. The SMILES string of the molecule is CO/[N+]([O-])=C/C(=O)N[C@H](C(C)C)[C@H](O)[C@@H](C)C(=O)O. The zero-order chi connectivity index (χ0) is 15.2. The predicted octanol–water partition coefficient (Wildman–Crippen LogP) is -0.649. The summed E-state index contributed by atoms with van der Waals surface area (Å²) in [5.74, 6) is -3.19. The second kappa shape index (κ2) is 7.57. The topological polar surface area (TPSA) is 122 Å². The molecule has 0 bridgehead atoms. The van der Waals surface area contributed by atoms with Crippen molar-refractivity contribution in [2.75, 3.05) is 7.11 Å². The molecule has 0 spiro atoms. The molecular weight excluding hydrogens is 256 g/mol. The maximum Gasteiger partial charge on any atom is 0.314 e. The fraction of sp³-hybridized carbons (Fsp3) is 0.727. The maximum absolute atomic E-state index is 11.5. The summed E-state index contributed by atoms with van der Waals surface area (Å²) in [5.41, 5.74) is 0. The van der Waals surface area contributed by atoms with E-state index in [-0.39, 0.29) is 10.8 Å². The molecule has 0 aromatic heterocycles. The first-order chi connectivity index (χ1) is 8.70. The number of carboxylic acids is 1. The van der Waals surface area contributed by atoms with Gasteiger partial charge in [0.25, 0.3) is 6.21 Å². The maximum atomic E-state index is 11.5. The summed E-state index contributed by atoms with van der Waals surface area (Å²) in [6.45, 7) is 4.77. The van der Waals surface area contributed by atoms with E-state index in [0.29, 0.717) is 6.21 Å². The number of nitrogens with one attached hydrogen (secondary N) is 1. The average Bonchev–Trinajstić information content (AvgIpc) is 2.33. The number of nitrogens with zero attached hydrogens (tertiary/aromatic N) is 1. The van der Waals surface area contributed by atoms with Crippen molar-refractivity contribution in [2.45, 2.75) is 32.9 Å². The monoisotopic (exact) mass is 276 g/mol. The summed E-state index contributed by atoms with van der Waals surface area (Å²) in [4.78, 5) is 26.5. The van der Waals surface area contributed by atoms with Gasteiger partial charge in [-0.1, -0.05) is 13.8 Å². The molecule has 0 aliphatic rings. The van der Waals surface area contributed by atoms with Crippen molar-refractivity contribution in [3.63, 3.8) is 0 Å². The van der Waals surface area contributed by atoms with Crippen LogP contribution in [0.4, 0.5) is 0 Å². The highest BCUT2D eigenvalue weighted by molar-refractivity contribution is 6.24. The van der Waals surface area contributed by atoms with Gasteiger partial charge in [-0.15, -0.1) is 0 Å². The molecule has 8 heteroatoms. The van der Waals surface area contributed by atoms with Gasteiger partial charge in [-0.3, -0.25) is 14.8 Å². The van der Waals surface area contributed by atoms with Gasteiger partial charge in [0.2, 0.25) is 0 Å². The predicted molar refractivity (Wildman–Crippen MR) is 66.3 cm³/mol. The fourth-order valence-electron chi connectivity index (χ4n) is 1.45. The van der Waals surface area contributed by atoms with E-state index in [0.717, 1.165) is 7.11 Å². The van der Waals surface area contributed by atoms with Crippen LogP contribution < -0.4 is 5.32 Å². The summed E-state index contributed by atoms with van der Waals surface area (Å²) in [5, 5.41) is 32.0. The Morgan fingerprint density at radius 3 is 2.26 bits per heavy atom. The molecule has 0 saturated heterocycles. The van der Waals surface area contributed by atoms with E-state index in [9.17, 15) is 19.9 Å². The summed E-state index contributed by atoms with van der Waals surface area (Å²) in [6.07, 6.45) is -0.648. The van der Waals surface area contributed by atoms with E-state index < -0.39 is 29.9 Å². The number of aliphatic carboxylic acids is 1. The van der Waals surface area contributed by atoms with Gasteiger partial charge >= 0.3 is 11.9 Å². The van der Waals surface area contributed by atoms with Gasteiger partial charge < -0.3 is 20.4 Å². The molecule has 0 aliphatic carbocycles. The lowest BCUT2D eigenvalue weighted by Crippen LogP contribution is -2.51. The Hall–Kier alpha value is -1.83. The van der Waals surface area contributed by atoms with Crippen LogP contribution in [0.15, 0.2) is 0 Å². The number of amides is 1. The lowest BCUT2D eigenvalue weighted by atomic mass is 9.90. The summed E-state index contributed by atoms with van der Waals surface area (Å²) in [6, 6.07) is -0.792. The third-order valence-corrected chi connectivity index (χ3v) is 2.70. The molecule has 0 heterocycles. The zero-order valence-electron chi connectivity index (χ0n) is 11.4. The van der Waals surface area contributed by atoms with Crippen molar-refractivity contribution in [3.05, 3.63) is 5.21 Å². The third kappa shape index (κ3) is 5.56. The fourth-order valence-corrected chi connectivity index (χ4v) is 1.45. The number of hydrogen-bond donors (Lipinski definition) is 3. The second-order valence-corrected chi connectivity index (χ2v) is 4.49. The Balaban J connectivity index is 4.85. The second-order valence-electron chi connectivity index (χ2n) is 4.49. The van der Waals surface area contributed by atoms with E-state index in [1.807, 2.05) is 0 Å². The van der Waals surface area contributed by atoms with Crippen LogP contribution in [-0.2, 0) is 14.4 Å². The van der Waals surface area contributed by atoms with Crippen molar-refractivity contribution in [1.29, 1.82) is 0 Å². The Morgan fingerprint density at radius 1 is 1.37 bits per heavy atom. The number of aliphatic hydroxyl groups excluding tert-OH is 1. The summed E-state index contributed by atoms with van der Waals surface area (Å²) < 4.78 is 0. The number of carbonyl (C=O) groups excluding carboxylic acids is 1. The quantitative estimate of drug-likeness (QED) is 0.323. The Labute approximate surface area is 111 Å². The standard InChI is InChI=1S/C11H20N2O6/c1-6(2)9(10(15)7(3)11(16)17)12-8(14)5-13(18)19-4/h5-7,9-10,15H,1-4H3,(H,12,14)(H,16,17)/b13-5+/t7-,9-,10-/m1/s1. The van der Waals surface area contributed by atoms with Crippen molar-refractivity contribution < 1.29 is 29.5 Å². The molecule has 0 rings (SSSR count). The molecule has 0 radical (unpaired) electrons. The average molecular weight is 276 g/mol. The molecule has 3 atom stereocenters. The smallest absolute Gasteiger partial charge is 0.314 e. The molecule has 3 N–H and O–H groups in total. The molecule has 1 amide bonds. The van der Waals surface area contributed by atoms with Crippen molar-refractivity contribution in [1.82, 2.24) is 5.32 Å². The summed E-state index contributed by atoms with van der Waals surface area (Å²) >= 11 is 0. The van der Waals surface area contributed by atoms with Crippen molar-refractivity contribution in [2.24, 2.45) is 11.8 Å². The van der Waals surface area contributed by atoms with Crippen LogP contribution in [0.5, 0.6) is 0 Å². The molecule has 110 valence electrons. The van der Waals surface area contributed by atoms with Gasteiger partial charge in [-0.25, -0.2) is 0 Å². The third-order valence-electron chi connectivity index (χ3n) is 2.70. The van der Waals surface area contributed by atoms with Crippen molar-refractivity contribution in [3.8, 4) is 0 Å². The molecule has 19 heavy (non-hydrogen) atoms. The Morgan fingerprint density at radius 2 is 1.89 bits per heavy atom. The van der Waals surface area contributed by atoms with E-state index in [1.165, 1.54) is 6.92 Å².